The van der Waals surface area contributed by atoms with Crippen molar-refractivity contribution in [2.24, 2.45) is 10.9 Å². The number of hydrogen-bond donors (Lipinski definition) is 2. The maximum Gasteiger partial charge on any atom is 0.170 e. The first-order valence-electron chi connectivity index (χ1n) is 6.59. The fourth-order valence-electron chi connectivity index (χ4n) is 2.12. The SMILES string of the molecule is Cc1cnc(C)c(N(C)Cc2cccc(C(N)=NO)c2)n1. The van der Waals surface area contributed by atoms with Crippen molar-refractivity contribution in [3.63, 3.8) is 0 Å². The Morgan fingerprint density at radius 3 is 2.86 bits per heavy atom. The third-order valence-electron chi connectivity index (χ3n) is 3.16. The second kappa shape index (κ2) is 6.21. The molecule has 1 aromatic carbocycles. The van der Waals surface area contributed by atoms with Gasteiger partial charge >= 0.3 is 0 Å². The van der Waals surface area contributed by atoms with Crippen LogP contribution in [0.15, 0.2) is 35.6 Å². The Labute approximate surface area is 123 Å². The lowest BCUT2D eigenvalue weighted by atomic mass is 10.1. The predicted octanol–water partition coefficient (Wildman–Crippen LogP) is 1.82. The summed E-state index contributed by atoms with van der Waals surface area (Å²) in [7, 11) is 1.96. The van der Waals surface area contributed by atoms with Gasteiger partial charge in [0.25, 0.3) is 0 Å². The van der Waals surface area contributed by atoms with Crippen molar-refractivity contribution in [3.05, 3.63) is 53.0 Å². The van der Waals surface area contributed by atoms with E-state index in [1.807, 2.05) is 44.0 Å². The van der Waals surface area contributed by atoms with Gasteiger partial charge < -0.3 is 15.8 Å². The molecule has 0 saturated carbocycles. The van der Waals surface area contributed by atoms with Gasteiger partial charge in [-0.1, -0.05) is 23.4 Å². The third kappa shape index (κ3) is 3.47. The Morgan fingerprint density at radius 2 is 2.14 bits per heavy atom. The van der Waals surface area contributed by atoms with E-state index in [9.17, 15) is 0 Å². The molecule has 0 aliphatic heterocycles. The molecule has 0 atom stereocenters. The van der Waals surface area contributed by atoms with Gasteiger partial charge in [0.05, 0.1) is 11.4 Å². The highest BCUT2D eigenvalue weighted by atomic mass is 16.4. The topological polar surface area (TPSA) is 87.6 Å². The molecule has 6 nitrogen and oxygen atoms in total. The van der Waals surface area contributed by atoms with Gasteiger partial charge in [0, 0.05) is 25.4 Å². The average Bonchev–Trinajstić information content (AvgIpc) is 2.49. The number of nitrogens with zero attached hydrogens (tertiary/aromatic N) is 4. The molecule has 0 amide bonds. The lowest BCUT2D eigenvalue weighted by molar-refractivity contribution is 0.318. The van der Waals surface area contributed by atoms with Crippen molar-refractivity contribution in [2.75, 3.05) is 11.9 Å². The van der Waals surface area contributed by atoms with Crippen molar-refractivity contribution in [2.45, 2.75) is 20.4 Å². The van der Waals surface area contributed by atoms with Crippen LogP contribution in [-0.2, 0) is 6.54 Å². The van der Waals surface area contributed by atoms with Crippen LogP contribution in [0.1, 0.15) is 22.5 Å². The van der Waals surface area contributed by atoms with Crippen molar-refractivity contribution < 1.29 is 5.21 Å². The Morgan fingerprint density at radius 1 is 1.38 bits per heavy atom. The average molecular weight is 285 g/mol. The second-order valence-corrected chi connectivity index (χ2v) is 4.96. The monoisotopic (exact) mass is 285 g/mol. The molecule has 1 heterocycles. The Kier molecular flexibility index (Phi) is 4.37. The smallest absolute Gasteiger partial charge is 0.170 e. The molecule has 0 radical (unpaired) electrons. The molecule has 110 valence electrons. The molecule has 6 heteroatoms. The van der Waals surface area contributed by atoms with Crippen LogP contribution >= 0.6 is 0 Å². The highest BCUT2D eigenvalue weighted by molar-refractivity contribution is 5.97. The van der Waals surface area contributed by atoms with Crippen LogP contribution in [-0.4, -0.2) is 28.1 Å². The standard InChI is InChI=1S/C15H19N5O/c1-10-8-17-11(2)15(18-10)20(3)9-12-5-4-6-13(7-12)14(16)19-21/h4-8,21H,9H2,1-3H3,(H2,16,19). The van der Waals surface area contributed by atoms with Crippen molar-refractivity contribution in [3.8, 4) is 0 Å². The van der Waals surface area contributed by atoms with Crippen LogP contribution in [0.4, 0.5) is 5.82 Å². The normalized spacial score (nSPS) is 11.5. The molecule has 0 aliphatic rings. The van der Waals surface area contributed by atoms with E-state index in [0.29, 0.717) is 12.1 Å². The van der Waals surface area contributed by atoms with Gasteiger partial charge in [-0.15, -0.1) is 0 Å². The molecular formula is C15H19N5O. The molecule has 0 unspecified atom stereocenters. The largest absolute Gasteiger partial charge is 0.409 e. The molecule has 1 aromatic heterocycles. The zero-order valence-electron chi connectivity index (χ0n) is 12.4. The highest BCUT2D eigenvalue weighted by Crippen LogP contribution is 2.17. The summed E-state index contributed by atoms with van der Waals surface area (Å²) in [6.45, 7) is 4.51. The maximum atomic E-state index is 8.74. The fourth-order valence-corrected chi connectivity index (χ4v) is 2.12. The van der Waals surface area contributed by atoms with Crippen LogP contribution in [0.3, 0.4) is 0 Å². The number of oxime groups is 1. The minimum Gasteiger partial charge on any atom is -0.409 e. The second-order valence-electron chi connectivity index (χ2n) is 4.96. The Hall–Kier alpha value is -2.63. The summed E-state index contributed by atoms with van der Waals surface area (Å²) in [5.41, 5.74) is 9.12. The predicted molar refractivity (Wildman–Crippen MR) is 82.6 cm³/mol. The van der Waals surface area contributed by atoms with E-state index >= 15 is 0 Å². The van der Waals surface area contributed by atoms with Gasteiger partial charge in [-0.3, -0.25) is 4.98 Å². The summed E-state index contributed by atoms with van der Waals surface area (Å²) in [5.74, 6) is 0.954. The van der Waals surface area contributed by atoms with Gasteiger partial charge in [-0.2, -0.15) is 0 Å². The Bertz CT molecular complexity index is 669. The minimum atomic E-state index is 0.103. The van der Waals surface area contributed by atoms with Crippen LogP contribution < -0.4 is 10.6 Å². The molecule has 0 aliphatic carbocycles. The van der Waals surface area contributed by atoms with E-state index < -0.39 is 0 Å². The summed E-state index contributed by atoms with van der Waals surface area (Å²) >= 11 is 0. The number of amidine groups is 1. The van der Waals surface area contributed by atoms with Gasteiger partial charge in [0.2, 0.25) is 0 Å². The van der Waals surface area contributed by atoms with E-state index in [0.717, 1.165) is 22.8 Å². The molecule has 0 bridgehead atoms. The number of nitrogens with two attached hydrogens (primary N) is 1. The molecule has 2 aromatic rings. The summed E-state index contributed by atoms with van der Waals surface area (Å²) in [6, 6.07) is 7.56. The number of benzene rings is 1. The van der Waals surface area contributed by atoms with Gasteiger partial charge in [-0.05, 0) is 25.5 Å². The zero-order valence-corrected chi connectivity index (χ0v) is 12.4. The first-order valence-corrected chi connectivity index (χ1v) is 6.59. The molecule has 2 rings (SSSR count). The summed E-state index contributed by atoms with van der Waals surface area (Å²) in [4.78, 5) is 10.9. The zero-order chi connectivity index (χ0) is 15.4. The number of aryl methyl sites for hydroxylation is 2. The number of aromatic nitrogens is 2. The number of rotatable bonds is 4. The summed E-state index contributed by atoms with van der Waals surface area (Å²) < 4.78 is 0. The lowest BCUT2D eigenvalue weighted by Gasteiger charge is -2.20. The first-order chi connectivity index (χ1) is 10.0. The number of hydrogen-bond acceptors (Lipinski definition) is 5. The van der Waals surface area contributed by atoms with Crippen molar-refractivity contribution in [1.82, 2.24) is 9.97 Å². The van der Waals surface area contributed by atoms with Crippen LogP contribution in [0.2, 0.25) is 0 Å². The van der Waals surface area contributed by atoms with Crippen molar-refractivity contribution >= 4 is 11.7 Å². The number of anilines is 1. The molecule has 0 fully saturated rings. The highest BCUT2D eigenvalue weighted by Gasteiger charge is 2.09. The van der Waals surface area contributed by atoms with E-state index in [2.05, 4.69) is 15.1 Å². The maximum absolute atomic E-state index is 8.74. The molecular weight excluding hydrogens is 266 g/mol. The molecule has 0 spiro atoms. The lowest BCUT2D eigenvalue weighted by Crippen LogP contribution is -2.20. The minimum absolute atomic E-state index is 0.103. The fraction of sp³-hybridized carbons (Fsp3) is 0.267. The summed E-state index contributed by atoms with van der Waals surface area (Å²) in [6.07, 6.45) is 1.76. The van der Waals surface area contributed by atoms with E-state index in [1.54, 1.807) is 12.3 Å². The van der Waals surface area contributed by atoms with Crippen LogP contribution in [0.25, 0.3) is 0 Å². The molecule has 3 N–H and O–H groups in total. The van der Waals surface area contributed by atoms with Crippen molar-refractivity contribution in [1.29, 1.82) is 0 Å². The molecule has 21 heavy (non-hydrogen) atoms. The molecule has 0 saturated heterocycles. The third-order valence-corrected chi connectivity index (χ3v) is 3.16. The van der Waals surface area contributed by atoms with Crippen LogP contribution in [0.5, 0.6) is 0 Å². The quantitative estimate of drug-likeness (QED) is 0.387. The van der Waals surface area contributed by atoms with Gasteiger partial charge in [0.1, 0.15) is 5.82 Å². The van der Waals surface area contributed by atoms with Gasteiger partial charge in [0.15, 0.2) is 5.84 Å². The Balaban J connectivity index is 2.23. The van der Waals surface area contributed by atoms with E-state index in [4.69, 9.17) is 10.9 Å². The summed E-state index contributed by atoms with van der Waals surface area (Å²) in [5, 5.41) is 11.8. The van der Waals surface area contributed by atoms with E-state index in [1.165, 1.54) is 0 Å². The first kappa shape index (κ1) is 14.8. The van der Waals surface area contributed by atoms with Gasteiger partial charge in [-0.25, -0.2) is 4.98 Å². The van der Waals surface area contributed by atoms with E-state index in [-0.39, 0.29) is 5.84 Å². The van der Waals surface area contributed by atoms with Crippen LogP contribution in [0, 0.1) is 13.8 Å².